The number of nitrogens with zero attached hydrogens (tertiary/aromatic N) is 3. The maximum absolute atomic E-state index is 12.5. The normalized spacial score (nSPS) is 17.2. The molecule has 28 heavy (non-hydrogen) atoms. The van der Waals surface area contributed by atoms with Crippen molar-refractivity contribution >= 4 is 29.6 Å². The molecule has 1 aromatic rings. The van der Waals surface area contributed by atoms with E-state index in [2.05, 4.69) is 0 Å². The third-order valence-corrected chi connectivity index (χ3v) is 5.02. The van der Waals surface area contributed by atoms with E-state index >= 15 is 0 Å². The zero-order chi connectivity index (χ0) is 20.3. The fourth-order valence-corrected chi connectivity index (χ4v) is 3.40. The van der Waals surface area contributed by atoms with Crippen molar-refractivity contribution in [1.29, 1.82) is 0 Å². The number of hydrogen-bond acceptors (Lipinski definition) is 5. The van der Waals surface area contributed by atoms with Crippen LogP contribution in [0.15, 0.2) is 24.3 Å². The highest BCUT2D eigenvalue weighted by Crippen LogP contribution is 2.14. The van der Waals surface area contributed by atoms with Gasteiger partial charge in [0.2, 0.25) is 23.6 Å². The molecule has 9 nitrogen and oxygen atoms in total. The Morgan fingerprint density at radius 1 is 0.857 bits per heavy atom. The van der Waals surface area contributed by atoms with Gasteiger partial charge in [0.05, 0.1) is 12.0 Å². The molecule has 0 aromatic heterocycles. The first-order chi connectivity index (χ1) is 13.4. The van der Waals surface area contributed by atoms with E-state index in [9.17, 15) is 29.1 Å². The number of imide groups is 1. The highest BCUT2D eigenvalue weighted by molar-refractivity contribution is 6.04. The maximum Gasteiger partial charge on any atom is 0.335 e. The lowest BCUT2D eigenvalue weighted by atomic mass is 10.0. The molecule has 148 valence electrons. The Bertz CT molecular complexity index is 813. The van der Waals surface area contributed by atoms with E-state index in [1.54, 1.807) is 23.1 Å². The number of carbonyl (C=O) groups is 5. The van der Waals surface area contributed by atoms with Crippen LogP contribution >= 0.6 is 0 Å². The molecule has 3 rings (SSSR count). The Balaban J connectivity index is 1.53. The summed E-state index contributed by atoms with van der Waals surface area (Å²) in [5.74, 6) is -2.25. The van der Waals surface area contributed by atoms with Gasteiger partial charge in [-0.3, -0.25) is 24.1 Å². The largest absolute Gasteiger partial charge is 0.478 e. The summed E-state index contributed by atoms with van der Waals surface area (Å²) in [5, 5.41) is 9.22. The smallest absolute Gasteiger partial charge is 0.335 e. The fraction of sp³-hybridized carbons (Fsp3) is 0.421. The third-order valence-electron chi connectivity index (χ3n) is 5.02. The molecular formula is C19H21N3O6. The van der Waals surface area contributed by atoms with E-state index < -0.39 is 5.97 Å². The average Bonchev–Trinajstić information content (AvgIpc) is 3.00. The van der Waals surface area contributed by atoms with Crippen molar-refractivity contribution in [2.75, 3.05) is 32.7 Å². The SMILES string of the molecule is O=C(O)c1ccccc1CC(=O)N1CCN(C(=O)CN2C(=O)CCC2=O)CC1. The number of aromatic carboxylic acids is 1. The molecule has 0 radical (unpaired) electrons. The monoisotopic (exact) mass is 387 g/mol. The molecule has 2 saturated heterocycles. The van der Waals surface area contributed by atoms with E-state index in [0.29, 0.717) is 31.7 Å². The summed E-state index contributed by atoms with van der Waals surface area (Å²) in [5.41, 5.74) is 0.550. The summed E-state index contributed by atoms with van der Waals surface area (Å²) < 4.78 is 0. The Morgan fingerprint density at radius 2 is 1.39 bits per heavy atom. The van der Waals surface area contributed by atoms with Crippen LogP contribution in [0.3, 0.4) is 0 Å². The minimum atomic E-state index is -1.08. The van der Waals surface area contributed by atoms with Gasteiger partial charge in [0, 0.05) is 39.0 Å². The summed E-state index contributed by atoms with van der Waals surface area (Å²) in [7, 11) is 0. The summed E-state index contributed by atoms with van der Waals surface area (Å²) in [6.07, 6.45) is 0.269. The van der Waals surface area contributed by atoms with Crippen LogP contribution in [0.4, 0.5) is 0 Å². The second-order valence-corrected chi connectivity index (χ2v) is 6.77. The molecule has 1 N–H and O–H groups in total. The number of carboxylic acids is 1. The van der Waals surface area contributed by atoms with Gasteiger partial charge in [-0.15, -0.1) is 0 Å². The number of rotatable bonds is 5. The molecule has 2 heterocycles. The number of carboxylic acid groups (broad SMARTS) is 1. The fourth-order valence-electron chi connectivity index (χ4n) is 3.40. The average molecular weight is 387 g/mol. The lowest BCUT2D eigenvalue weighted by molar-refractivity contribution is -0.147. The molecule has 4 amide bonds. The minimum absolute atomic E-state index is 0.0206. The Kier molecular flexibility index (Phi) is 5.72. The molecule has 0 aliphatic carbocycles. The zero-order valence-electron chi connectivity index (χ0n) is 15.3. The van der Waals surface area contributed by atoms with Crippen LogP contribution in [-0.4, -0.2) is 82.1 Å². The standard InChI is InChI=1S/C19H21N3O6/c23-15-5-6-16(24)22(15)12-18(26)21-9-7-20(8-10-21)17(25)11-13-3-1-2-4-14(13)19(27)28/h1-4H,5-12H2,(H,27,28). The lowest BCUT2D eigenvalue weighted by Crippen LogP contribution is -2.53. The molecule has 9 heteroatoms. The molecular weight excluding hydrogens is 366 g/mol. The van der Waals surface area contributed by atoms with Crippen molar-refractivity contribution in [2.45, 2.75) is 19.3 Å². The van der Waals surface area contributed by atoms with Crippen LogP contribution in [0.5, 0.6) is 0 Å². The number of piperazine rings is 1. The summed E-state index contributed by atoms with van der Waals surface area (Å²) in [4.78, 5) is 63.5. The van der Waals surface area contributed by atoms with Crippen LogP contribution in [0.2, 0.25) is 0 Å². The number of carbonyl (C=O) groups excluding carboxylic acids is 4. The van der Waals surface area contributed by atoms with Crippen molar-refractivity contribution in [2.24, 2.45) is 0 Å². The topological polar surface area (TPSA) is 115 Å². The van der Waals surface area contributed by atoms with Gasteiger partial charge in [-0.1, -0.05) is 18.2 Å². The molecule has 2 aliphatic heterocycles. The van der Waals surface area contributed by atoms with Crippen molar-refractivity contribution in [3.63, 3.8) is 0 Å². The van der Waals surface area contributed by atoms with Crippen molar-refractivity contribution in [3.8, 4) is 0 Å². The highest BCUT2D eigenvalue weighted by Gasteiger charge is 2.33. The maximum atomic E-state index is 12.5. The second-order valence-electron chi connectivity index (χ2n) is 6.77. The third kappa shape index (κ3) is 4.19. The molecule has 0 saturated carbocycles. The van der Waals surface area contributed by atoms with E-state index in [1.165, 1.54) is 11.0 Å². The highest BCUT2D eigenvalue weighted by atomic mass is 16.4. The molecule has 2 fully saturated rings. The van der Waals surface area contributed by atoms with Crippen LogP contribution < -0.4 is 0 Å². The summed E-state index contributed by atoms with van der Waals surface area (Å²) >= 11 is 0. The first-order valence-corrected chi connectivity index (χ1v) is 9.06. The first-order valence-electron chi connectivity index (χ1n) is 9.06. The number of hydrogen-bond donors (Lipinski definition) is 1. The predicted octanol–water partition coefficient (Wildman–Crippen LogP) is -0.253. The Labute approximate surface area is 161 Å². The van der Waals surface area contributed by atoms with E-state index in [4.69, 9.17) is 0 Å². The van der Waals surface area contributed by atoms with Gasteiger partial charge in [0.25, 0.3) is 0 Å². The molecule has 0 unspecified atom stereocenters. The molecule has 0 atom stereocenters. The number of benzene rings is 1. The van der Waals surface area contributed by atoms with Gasteiger partial charge in [0.1, 0.15) is 6.54 Å². The first kappa shape index (κ1) is 19.5. The molecule has 0 spiro atoms. The van der Waals surface area contributed by atoms with Crippen molar-refractivity contribution in [1.82, 2.24) is 14.7 Å². The molecule has 2 aliphatic rings. The van der Waals surface area contributed by atoms with Crippen molar-refractivity contribution < 1.29 is 29.1 Å². The lowest BCUT2D eigenvalue weighted by Gasteiger charge is -2.35. The van der Waals surface area contributed by atoms with E-state index in [0.717, 1.165) is 4.90 Å². The molecule has 0 bridgehead atoms. The predicted molar refractivity (Wildman–Crippen MR) is 96.2 cm³/mol. The van der Waals surface area contributed by atoms with Gasteiger partial charge in [-0.05, 0) is 11.6 Å². The Hall–Kier alpha value is -3.23. The quantitative estimate of drug-likeness (QED) is 0.697. The van der Waals surface area contributed by atoms with Gasteiger partial charge in [0.15, 0.2) is 0 Å². The van der Waals surface area contributed by atoms with Gasteiger partial charge < -0.3 is 14.9 Å². The van der Waals surface area contributed by atoms with Gasteiger partial charge >= 0.3 is 5.97 Å². The van der Waals surface area contributed by atoms with Crippen LogP contribution in [-0.2, 0) is 25.6 Å². The summed E-state index contributed by atoms with van der Waals surface area (Å²) in [6, 6.07) is 6.37. The van der Waals surface area contributed by atoms with Crippen molar-refractivity contribution in [3.05, 3.63) is 35.4 Å². The van der Waals surface area contributed by atoms with Gasteiger partial charge in [-0.25, -0.2) is 4.79 Å². The minimum Gasteiger partial charge on any atom is -0.478 e. The van der Waals surface area contributed by atoms with Gasteiger partial charge in [-0.2, -0.15) is 0 Å². The van der Waals surface area contributed by atoms with E-state index in [-0.39, 0.29) is 55.0 Å². The molecule has 1 aromatic carbocycles. The Morgan fingerprint density at radius 3 is 1.96 bits per heavy atom. The van der Waals surface area contributed by atoms with Crippen LogP contribution in [0.1, 0.15) is 28.8 Å². The number of amides is 4. The second kappa shape index (κ2) is 8.20. The zero-order valence-corrected chi connectivity index (χ0v) is 15.3. The summed E-state index contributed by atoms with van der Waals surface area (Å²) in [6.45, 7) is 1.00. The van der Waals surface area contributed by atoms with Crippen LogP contribution in [0, 0.1) is 0 Å². The van der Waals surface area contributed by atoms with E-state index in [1.807, 2.05) is 0 Å². The van der Waals surface area contributed by atoms with Crippen LogP contribution in [0.25, 0.3) is 0 Å². The number of likely N-dealkylation sites (tertiary alicyclic amines) is 1.